The first-order valence-corrected chi connectivity index (χ1v) is 20.9. The minimum Gasteiger partial charge on any atom is -0.310 e. The first kappa shape index (κ1) is 33.0. The molecule has 0 fully saturated rings. The molecular formula is C53H40N2S. The van der Waals surface area contributed by atoms with Gasteiger partial charge in [0.05, 0.1) is 11.0 Å². The lowest BCUT2D eigenvalue weighted by molar-refractivity contribution is 0.660. The van der Waals surface area contributed by atoms with E-state index in [9.17, 15) is 0 Å². The number of anilines is 3. The van der Waals surface area contributed by atoms with Crippen molar-refractivity contribution < 1.29 is 0 Å². The van der Waals surface area contributed by atoms with Gasteiger partial charge in [0.2, 0.25) is 0 Å². The molecule has 2 aliphatic rings. The summed E-state index contributed by atoms with van der Waals surface area (Å²) >= 11 is 0. The monoisotopic (exact) mass is 736 g/mol. The number of benzene rings is 8. The van der Waals surface area contributed by atoms with Crippen LogP contribution in [0.25, 0.3) is 49.7 Å². The second-order valence-electron chi connectivity index (χ2n) is 15.6. The molecule has 0 N–H and O–H groups in total. The first-order chi connectivity index (χ1) is 27.5. The summed E-state index contributed by atoms with van der Waals surface area (Å²) in [5.41, 5.74) is 17.7. The zero-order valence-corrected chi connectivity index (χ0v) is 32.3. The number of fused-ring (bicyclic) bond motifs is 7. The van der Waals surface area contributed by atoms with Crippen LogP contribution < -0.4 is 4.90 Å². The van der Waals surface area contributed by atoms with Gasteiger partial charge >= 0.3 is 0 Å². The van der Waals surface area contributed by atoms with Gasteiger partial charge in [0.15, 0.2) is 0 Å². The van der Waals surface area contributed by atoms with E-state index in [0.29, 0.717) is 0 Å². The number of rotatable bonds is 6. The number of aromatic nitrogens is 1. The molecule has 0 saturated heterocycles. The molecule has 3 heteroatoms. The van der Waals surface area contributed by atoms with Gasteiger partial charge in [0.25, 0.3) is 0 Å². The summed E-state index contributed by atoms with van der Waals surface area (Å²) in [7, 11) is 0.0712. The summed E-state index contributed by atoms with van der Waals surface area (Å²) in [4.78, 5) is 3.81. The van der Waals surface area contributed by atoms with Crippen LogP contribution in [0.1, 0.15) is 36.1 Å². The van der Waals surface area contributed by atoms with Crippen molar-refractivity contribution in [3.63, 3.8) is 0 Å². The van der Waals surface area contributed by atoms with Gasteiger partial charge < -0.3 is 9.47 Å². The Balaban J connectivity index is 0.996. The first-order valence-electron chi connectivity index (χ1n) is 19.5. The molecule has 0 bridgehead atoms. The van der Waals surface area contributed by atoms with Crippen molar-refractivity contribution in [3.05, 3.63) is 210 Å². The van der Waals surface area contributed by atoms with E-state index in [1.165, 1.54) is 82.6 Å². The van der Waals surface area contributed by atoms with E-state index in [1.54, 1.807) is 0 Å². The molecule has 1 atom stereocenters. The largest absolute Gasteiger partial charge is 0.310 e. The molecule has 11 rings (SSSR count). The third-order valence-corrected chi connectivity index (χ3v) is 14.0. The van der Waals surface area contributed by atoms with Crippen LogP contribution >= 0.6 is 10.5 Å². The highest BCUT2D eigenvalue weighted by atomic mass is 32.2. The topological polar surface area (TPSA) is 8.17 Å². The Kier molecular flexibility index (Phi) is 7.55. The highest BCUT2D eigenvalue weighted by Gasteiger charge is 2.35. The smallest absolute Gasteiger partial charge is 0.0541 e. The van der Waals surface area contributed by atoms with Crippen molar-refractivity contribution in [1.82, 2.24) is 4.57 Å². The van der Waals surface area contributed by atoms with Crippen molar-refractivity contribution in [2.24, 2.45) is 0 Å². The summed E-state index contributed by atoms with van der Waals surface area (Å²) in [6.07, 6.45) is 0. The molecule has 0 spiro atoms. The fraction of sp³-hybridized carbons (Fsp3) is 0.0755. The maximum Gasteiger partial charge on any atom is 0.0541 e. The lowest BCUT2D eigenvalue weighted by Crippen LogP contribution is -2.16. The van der Waals surface area contributed by atoms with Crippen molar-refractivity contribution in [2.75, 3.05) is 4.90 Å². The molecule has 2 heterocycles. The molecule has 0 amide bonds. The SMILES string of the molecule is CC1(C)c2ccccc2-c2ccc(N(c3ccc(-c4ccc5c(c4)c4ccccc4n5-c4ccccc4)cc3)c3ccc(S4=Cc5ccccc5C4)cc3)cc21. The summed E-state index contributed by atoms with van der Waals surface area (Å²) in [5, 5.41) is 4.98. The lowest BCUT2D eigenvalue weighted by atomic mass is 9.82. The standard InChI is InChI=1S/C53H40N2S/c1-53(2)49-18-10-8-16-45(49)46-30-27-43(33-50(46)53)54(42-25-28-44(29-26-42)56-34-38-12-6-7-13-39(38)35-56)41-23-20-36(21-24-41)37-22-31-52-48(32-37)47-17-9-11-19-51(47)55(52)40-14-4-3-5-15-40/h3-34H,35H2,1-2H3. The number of para-hydroxylation sites is 2. The van der Waals surface area contributed by atoms with Crippen molar-refractivity contribution in [3.8, 4) is 27.9 Å². The van der Waals surface area contributed by atoms with E-state index in [-0.39, 0.29) is 15.9 Å². The Morgan fingerprint density at radius 3 is 1.96 bits per heavy atom. The van der Waals surface area contributed by atoms with Crippen molar-refractivity contribution in [2.45, 2.75) is 29.9 Å². The summed E-state index contributed by atoms with van der Waals surface area (Å²) in [6, 6.07) is 69.6. The molecule has 268 valence electrons. The van der Waals surface area contributed by atoms with Crippen molar-refractivity contribution >= 4 is 54.7 Å². The maximum atomic E-state index is 2.46. The van der Waals surface area contributed by atoms with Crippen LogP contribution in [0.2, 0.25) is 0 Å². The van der Waals surface area contributed by atoms with Gasteiger partial charge in [0.1, 0.15) is 0 Å². The van der Waals surface area contributed by atoms with Gasteiger partial charge in [-0.3, -0.25) is 0 Å². The molecule has 0 saturated carbocycles. The van der Waals surface area contributed by atoms with E-state index >= 15 is 0 Å². The molecule has 9 aromatic rings. The van der Waals surface area contributed by atoms with Crippen LogP contribution in [0, 0.1) is 0 Å². The Bertz CT molecular complexity index is 3010. The zero-order valence-electron chi connectivity index (χ0n) is 31.5. The van der Waals surface area contributed by atoms with Crippen LogP contribution in [0.15, 0.2) is 193 Å². The molecule has 1 aromatic heterocycles. The molecule has 1 aliphatic carbocycles. The van der Waals surface area contributed by atoms with Crippen molar-refractivity contribution in [1.29, 1.82) is 0 Å². The van der Waals surface area contributed by atoms with Crippen LogP contribution in [0.5, 0.6) is 0 Å². The van der Waals surface area contributed by atoms with Gasteiger partial charge in [-0.1, -0.05) is 123 Å². The maximum absolute atomic E-state index is 2.46. The predicted octanol–water partition coefficient (Wildman–Crippen LogP) is 14.2. The zero-order chi connectivity index (χ0) is 37.4. The Morgan fingerprint density at radius 2 is 1.14 bits per heavy atom. The number of nitrogens with zero attached hydrogens (tertiary/aromatic N) is 2. The quantitative estimate of drug-likeness (QED) is 0.154. The molecule has 1 aliphatic heterocycles. The lowest BCUT2D eigenvalue weighted by Gasteiger charge is -2.28. The molecule has 1 unspecified atom stereocenters. The summed E-state index contributed by atoms with van der Waals surface area (Å²) < 4.78 is 2.38. The molecule has 0 radical (unpaired) electrons. The minimum atomic E-state index is -0.0853. The Morgan fingerprint density at radius 1 is 0.500 bits per heavy atom. The second-order valence-corrected chi connectivity index (χ2v) is 17.4. The number of hydrogen-bond donors (Lipinski definition) is 0. The molecule has 2 nitrogen and oxygen atoms in total. The van der Waals surface area contributed by atoms with E-state index in [0.717, 1.165) is 17.1 Å². The van der Waals surface area contributed by atoms with Gasteiger partial charge in [-0.15, -0.1) is 10.5 Å². The van der Waals surface area contributed by atoms with Gasteiger partial charge in [-0.25, -0.2) is 0 Å². The third kappa shape index (κ3) is 5.22. The van der Waals surface area contributed by atoms with Gasteiger partial charge in [0, 0.05) is 49.6 Å². The van der Waals surface area contributed by atoms with Gasteiger partial charge in [-0.2, -0.15) is 0 Å². The van der Waals surface area contributed by atoms with E-state index in [4.69, 9.17) is 0 Å². The van der Waals surface area contributed by atoms with Crippen LogP contribution in [0.3, 0.4) is 0 Å². The highest BCUT2D eigenvalue weighted by Crippen LogP contribution is 2.51. The Hall–Kier alpha value is -6.42. The van der Waals surface area contributed by atoms with E-state index in [2.05, 4.69) is 217 Å². The van der Waals surface area contributed by atoms with E-state index in [1.807, 2.05) is 0 Å². The van der Waals surface area contributed by atoms with Crippen LogP contribution in [-0.2, 0) is 11.2 Å². The van der Waals surface area contributed by atoms with Crippen LogP contribution in [-0.4, -0.2) is 9.93 Å². The normalized spacial score (nSPS) is 15.0. The van der Waals surface area contributed by atoms with E-state index < -0.39 is 0 Å². The highest BCUT2D eigenvalue weighted by molar-refractivity contribution is 8.14. The molecule has 8 aromatic carbocycles. The van der Waals surface area contributed by atoms with Gasteiger partial charge in [-0.05, 0) is 129 Å². The number of hydrogen-bond acceptors (Lipinski definition) is 1. The molecule has 56 heavy (non-hydrogen) atoms. The molecular weight excluding hydrogens is 697 g/mol. The average molecular weight is 737 g/mol. The average Bonchev–Trinajstić information content (AvgIpc) is 3.90. The Labute approximate surface area is 330 Å². The summed E-state index contributed by atoms with van der Waals surface area (Å²) in [6.45, 7) is 4.72. The third-order valence-electron chi connectivity index (χ3n) is 12.0. The fourth-order valence-electron chi connectivity index (χ4n) is 9.15. The predicted molar refractivity (Wildman–Crippen MR) is 240 cm³/mol. The van der Waals surface area contributed by atoms with Crippen LogP contribution in [0.4, 0.5) is 17.1 Å². The fourth-order valence-corrected chi connectivity index (χ4v) is 11.2. The minimum absolute atomic E-state index is 0.0712. The second kappa shape index (κ2) is 12.8. The summed E-state index contributed by atoms with van der Waals surface area (Å²) in [5.74, 6) is 1.08.